The summed E-state index contributed by atoms with van der Waals surface area (Å²) >= 11 is 11.4. The van der Waals surface area contributed by atoms with Gasteiger partial charge in [-0.3, -0.25) is 4.79 Å². The van der Waals surface area contributed by atoms with E-state index >= 15 is 0 Å². The Morgan fingerprint density at radius 2 is 1.88 bits per heavy atom. The van der Waals surface area contributed by atoms with Gasteiger partial charge in [-0.1, -0.05) is 35.1 Å². The second-order valence-electron chi connectivity index (χ2n) is 6.27. The molecule has 134 valence electrons. The van der Waals surface area contributed by atoms with Crippen molar-refractivity contribution in [2.24, 2.45) is 0 Å². The highest BCUT2D eigenvalue weighted by molar-refractivity contribution is 9.10. The van der Waals surface area contributed by atoms with E-state index in [1.54, 1.807) is 11.3 Å². The second kappa shape index (κ2) is 7.18. The smallest absolute Gasteiger partial charge is 0.255 e. The average molecular weight is 451 g/mol. The predicted molar refractivity (Wildman–Crippen MR) is 112 cm³/mol. The Morgan fingerprint density at radius 3 is 2.62 bits per heavy atom. The summed E-state index contributed by atoms with van der Waals surface area (Å²) in [5.74, 6) is 0.0732. The number of rotatable bonds is 2. The number of hydrogen-bond donors (Lipinski definition) is 0. The largest absolute Gasteiger partial charge is 0.345 e. The molecule has 4 nitrogen and oxygen atoms in total. The summed E-state index contributed by atoms with van der Waals surface area (Å²) in [6.07, 6.45) is 0. The number of carbonyl (C=O) groups is 1. The van der Waals surface area contributed by atoms with Gasteiger partial charge < -0.3 is 9.80 Å². The molecule has 2 heterocycles. The van der Waals surface area contributed by atoms with Crippen molar-refractivity contribution in [3.05, 3.63) is 57.0 Å². The van der Waals surface area contributed by atoms with Gasteiger partial charge in [0.2, 0.25) is 0 Å². The number of carbonyl (C=O) groups excluding carboxylic acids is 1. The Kier molecular flexibility index (Phi) is 4.90. The van der Waals surface area contributed by atoms with Crippen molar-refractivity contribution >= 4 is 60.1 Å². The number of aryl methyl sites for hydroxylation is 1. The number of fused-ring (bicyclic) bond motifs is 1. The van der Waals surface area contributed by atoms with Gasteiger partial charge in [0.05, 0.1) is 15.8 Å². The number of hydrogen-bond acceptors (Lipinski definition) is 4. The molecule has 0 spiro atoms. The molecule has 26 heavy (non-hydrogen) atoms. The number of amides is 1. The molecule has 0 radical (unpaired) electrons. The molecule has 3 aromatic rings. The minimum Gasteiger partial charge on any atom is -0.345 e. The molecule has 0 N–H and O–H groups in total. The van der Waals surface area contributed by atoms with Crippen LogP contribution < -0.4 is 4.90 Å². The summed E-state index contributed by atoms with van der Waals surface area (Å²) < 4.78 is 1.99. The lowest BCUT2D eigenvalue weighted by molar-refractivity contribution is 0.0746. The molecule has 1 aliphatic rings. The van der Waals surface area contributed by atoms with Crippen LogP contribution in [0.5, 0.6) is 0 Å². The fraction of sp³-hybridized carbons (Fsp3) is 0.263. The molecule has 1 fully saturated rings. The molecule has 0 unspecified atom stereocenters. The SMILES string of the molecule is Cc1c(Cl)ccc2sc(N3CCN(C(=O)c4ccccc4Br)CC3)nc12. The van der Waals surface area contributed by atoms with Crippen LogP contribution in [-0.2, 0) is 0 Å². The molecule has 4 rings (SSSR count). The van der Waals surface area contributed by atoms with Crippen LogP contribution in [0.2, 0.25) is 5.02 Å². The molecule has 1 saturated heterocycles. The van der Waals surface area contributed by atoms with Crippen LogP contribution >= 0.6 is 38.9 Å². The Balaban J connectivity index is 1.49. The number of benzene rings is 2. The molecule has 1 aliphatic heterocycles. The van der Waals surface area contributed by atoms with Gasteiger partial charge in [0.1, 0.15) is 0 Å². The average Bonchev–Trinajstić information content (AvgIpc) is 3.10. The molecular formula is C19H17BrClN3OS. The Hall–Kier alpha value is -1.63. The van der Waals surface area contributed by atoms with Crippen molar-refractivity contribution in [3.8, 4) is 0 Å². The highest BCUT2D eigenvalue weighted by Crippen LogP contribution is 2.34. The fourth-order valence-corrected chi connectivity index (χ4v) is 4.81. The van der Waals surface area contributed by atoms with E-state index in [1.165, 1.54) is 0 Å². The van der Waals surface area contributed by atoms with Crippen molar-refractivity contribution in [1.82, 2.24) is 9.88 Å². The topological polar surface area (TPSA) is 36.4 Å². The van der Waals surface area contributed by atoms with E-state index in [9.17, 15) is 4.79 Å². The number of anilines is 1. The molecule has 1 aromatic heterocycles. The summed E-state index contributed by atoms with van der Waals surface area (Å²) in [6, 6.07) is 11.5. The van der Waals surface area contributed by atoms with Crippen LogP contribution in [0.1, 0.15) is 15.9 Å². The quantitative estimate of drug-likeness (QED) is 0.552. The first kappa shape index (κ1) is 17.8. The standard InChI is InChI=1S/C19H17BrClN3OS/c1-12-15(21)6-7-16-17(12)22-19(26-16)24-10-8-23(9-11-24)18(25)13-4-2-3-5-14(13)20/h2-7H,8-11H2,1H3. The number of thiazole rings is 1. The van der Waals surface area contributed by atoms with Crippen molar-refractivity contribution in [1.29, 1.82) is 0 Å². The summed E-state index contributed by atoms with van der Waals surface area (Å²) in [5, 5.41) is 1.75. The minimum atomic E-state index is 0.0732. The van der Waals surface area contributed by atoms with Gasteiger partial charge in [-0.2, -0.15) is 0 Å². The highest BCUT2D eigenvalue weighted by atomic mass is 79.9. The monoisotopic (exact) mass is 449 g/mol. The Bertz CT molecular complexity index is 982. The van der Waals surface area contributed by atoms with Crippen molar-refractivity contribution in [2.75, 3.05) is 31.1 Å². The van der Waals surface area contributed by atoms with Crippen LogP contribution in [0.4, 0.5) is 5.13 Å². The van der Waals surface area contributed by atoms with E-state index in [2.05, 4.69) is 20.8 Å². The number of nitrogens with zero attached hydrogens (tertiary/aromatic N) is 3. The first-order valence-corrected chi connectivity index (χ1v) is 10.4. The Labute approximate surface area is 169 Å². The summed E-state index contributed by atoms with van der Waals surface area (Å²) in [6.45, 7) is 4.94. The van der Waals surface area contributed by atoms with E-state index < -0.39 is 0 Å². The van der Waals surface area contributed by atoms with Crippen LogP contribution in [0.3, 0.4) is 0 Å². The molecule has 0 atom stereocenters. The lowest BCUT2D eigenvalue weighted by Gasteiger charge is -2.34. The third-order valence-electron chi connectivity index (χ3n) is 4.68. The van der Waals surface area contributed by atoms with Crippen LogP contribution in [-0.4, -0.2) is 42.0 Å². The lowest BCUT2D eigenvalue weighted by Crippen LogP contribution is -2.48. The zero-order valence-electron chi connectivity index (χ0n) is 14.2. The number of aromatic nitrogens is 1. The minimum absolute atomic E-state index is 0.0732. The maximum atomic E-state index is 12.7. The van der Waals surface area contributed by atoms with Crippen molar-refractivity contribution in [3.63, 3.8) is 0 Å². The number of piperazine rings is 1. The lowest BCUT2D eigenvalue weighted by atomic mass is 10.2. The summed E-state index contributed by atoms with van der Waals surface area (Å²) in [4.78, 5) is 21.7. The first-order chi connectivity index (χ1) is 12.5. The molecular weight excluding hydrogens is 434 g/mol. The molecule has 1 amide bonds. The van der Waals surface area contributed by atoms with Gasteiger partial charge in [0.15, 0.2) is 5.13 Å². The molecule has 2 aromatic carbocycles. The van der Waals surface area contributed by atoms with Gasteiger partial charge >= 0.3 is 0 Å². The maximum absolute atomic E-state index is 12.7. The molecule has 7 heteroatoms. The molecule has 0 bridgehead atoms. The van der Waals surface area contributed by atoms with Crippen LogP contribution in [0.25, 0.3) is 10.2 Å². The van der Waals surface area contributed by atoms with Crippen LogP contribution in [0, 0.1) is 6.92 Å². The number of halogens is 2. The highest BCUT2D eigenvalue weighted by Gasteiger charge is 2.25. The van der Waals surface area contributed by atoms with E-state index in [0.717, 1.165) is 43.5 Å². The molecule has 0 aliphatic carbocycles. The van der Waals surface area contributed by atoms with Gasteiger partial charge in [-0.15, -0.1) is 0 Å². The van der Waals surface area contributed by atoms with Crippen molar-refractivity contribution < 1.29 is 4.79 Å². The molecule has 0 saturated carbocycles. The van der Waals surface area contributed by atoms with Gasteiger partial charge in [-0.25, -0.2) is 4.98 Å². The maximum Gasteiger partial charge on any atom is 0.255 e. The second-order valence-corrected chi connectivity index (χ2v) is 8.55. The van der Waals surface area contributed by atoms with E-state index in [4.69, 9.17) is 16.6 Å². The van der Waals surface area contributed by atoms with Crippen LogP contribution in [0.15, 0.2) is 40.9 Å². The fourth-order valence-electron chi connectivity index (χ4n) is 3.13. The normalized spacial score (nSPS) is 14.9. The van der Waals surface area contributed by atoms with Gasteiger partial charge in [0.25, 0.3) is 5.91 Å². The Morgan fingerprint density at radius 1 is 1.15 bits per heavy atom. The zero-order valence-corrected chi connectivity index (χ0v) is 17.4. The van der Waals surface area contributed by atoms with E-state index in [0.29, 0.717) is 18.7 Å². The van der Waals surface area contributed by atoms with E-state index in [1.807, 2.05) is 48.2 Å². The van der Waals surface area contributed by atoms with E-state index in [-0.39, 0.29) is 5.91 Å². The first-order valence-electron chi connectivity index (χ1n) is 8.39. The van der Waals surface area contributed by atoms with Gasteiger partial charge in [0, 0.05) is 35.7 Å². The zero-order chi connectivity index (χ0) is 18.3. The summed E-state index contributed by atoms with van der Waals surface area (Å²) in [7, 11) is 0. The predicted octanol–water partition coefficient (Wildman–Crippen LogP) is 4.98. The van der Waals surface area contributed by atoms with Crippen molar-refractivity contribution in [2.45, 2.75) is 6.92 Å². The third kappa shape index (κ3) is 3.21. The summed E-state index contributed by atoms with van der Waals surface area (Å²) in [5.41, 5.74) is 2.71. The third-order valence-corrected chi connectivity index (χ3v) is 6.86. The van der Waals surface area contributed by atoms with Gasteiger partial charge in [-0.05, 0) is 52.7 Å².